The van der Waals surface area contributed by atoms with Crippen molar-refractivity contribution in [3.05, 3.63) is 47.5 Å². The van der Waals surface area contributed by atoms with Gasteiger partial charge in [0, 0.05) is 18.2 Å². The molecule has 0 saturated carbocycles. The number of hydrogen-bond acceptors (Lipinski definition) is 5. The first-order valence-corrected chi connectivity index (χ1v) is 7.61. The lowest BCUT2D eigenvalue weighted by atomic mass is 10.1. The van der Waals surface area contributed by atoms with Gasteiger partial charge in [0.05, 0.1) is 26.9 Å². The zero-order valence-electron chi connectivity index (χ0n) is 14.5. The van der Waals surface area contributed by atoms with Crippen LogP contribution in [0.25, 0.3) is 0 Å². The lowest BCUT2D eigenvalue weighted by molar-refractivity contribution is -0.0501. The molecule has 0 saturated heterocycles. The minimum Gasteiger partial charge on any atom is -0.496 e. The normalized spacial score (nSPS) is 10.4. The topological polar surface area (TPSA) is 66.0 Å². The molecule has 2 rings (SSSR count). The van der Waals surface area contributed by atoms with Crippen LogP contribution in [0.5, 0.6) is 23.0 Å². The van der Waals surface area contributed by atoms with Crippen molar-refractivity contribution in [2.24, 2.45) is 0 Å². The maximum atomic E-state index is 12.5. The number of ether oxygens (including phenoxy) is 4. The Hall–Kier alpha value is -3.03. The first-order chi connectivity index (χ1) is 12.5. The zero-order valence-corrected chi connectivity index (χ0v) is 14.5. The maximum absolute atomic E-state index is 12.5. The molecule has 1 N–H and O–H groups in total. The van der Waals surface area contributed by atoms with Crippen LogP contribution < -0.4 is 24.3 Å². The van der Waals surface area contributed by atoms with Gasteiger partial charge >= 0.3 is 6.61 Å². The van der Waals surface area contributed by atoms with E-state index >= 15 is 0 Å². The van der Waals surface area contributed by atoms with Crippen molar-refractivity contribution in [3.63, 3.8) is 0 Å². The molecule has 1 amide bonds. The first-order valence-electron chi connectivity index (χ1n) is 7.61. The third kappa shape index (κ3) is 4.53. The zero-order chi connectivity index (χ0) is 19.1. The average molecular weight is 367 g/mol. The summed E-state index contributed by atoms with van der Waals surface area (Å²) in [6.45, 7) is -2.93. The second-order valence-corrected chi connectivity index (χ2v) is 5.08. The van der Waals surface area contributed by atoms with E-state index in [1.165, 1.54) is 39.5 Å². The van der Waals surface area contributed by atoms with E-state index in [1.54, 1.807) is 18.2 Å². The van der Waals surface area contributed by atoms with Crippen molar-refractivity contribution in [3.8, 4) is 23.0 Å². The molecule has 26 heavy (non-hydrogen) atoms. The number of rotatable bonds is 8. The highest BCUT2D eigenvalue weighted by Crippen LogP contribution is 2.34. The molecule has 0 bridgehead atoms. The Morgan fingerprint density at radius 1 is 0.962 bits per heavy atom. The predicted molar refractivity (Wildman–Crippen MR) is 90.3 cm³/mol. The summed E-state index contributed by atoms with van der Waals surface area (Å²) in [6.07, 6.45) is 0. The number of carbonyl (C=O) groups excluding carboxylic acids is 1. The lowest BCUT2D eigenvalue weighted by Crippen LogP contribution is -2.24. The molecule has 0 aliphatic rings. The quantitative estimate of drug-likeness (QED) is 0.776. The van der Waals surface area contributed by atoms with E-state index in [2.05, 4.69) is 10.1 Å². The van der Waals surface area contributed by atoms with Gasteiger partial charge in [-0.25, -0.2) is 0 Å². The number of nitrogens with one attached hydrogen (secondary N) is 1. The molecule has 0 spiro atoms. The molecule has 0 heterocycles. The first kappa shape index (κ1) is 19.3. The number of alkyl halides is 2. The molecular weight excluding hydrogens is 348 g/mol. The number of methoxy groups -OCH3 is 3. The summed E-state index contributed by atoms with van der Waals surface area (Å²) in [7, 11) is 4.47. The van der Waals surface area contributed by atoms with E-state index in [1.807, 2.05) is 0 Å². The molecule has 0 aliphatic heterocycles. The summed E-state index contributed by atoms with van der Waals surface area (Å²) in [6, 6.07) is 9.07. The average Bonchev–Trinajstić information content (AvgIpc) is 2.65. The lowest BCUT2D eigenvalue weighted by Gasteiger charge is -2.15. The van der Waals surface area contributed by atoms with Crippen LogP contribution in [0.1, 0.15) is 15.9 Å². The summed E-state index contributed by atoms with van der Waals surface area (Å²) in [5.41, 5.74) is 0.637. The van der Waals surface area contributed by atoms with E-state index in [-0.39, 0.29) is 17.9 Å². The number of benzene rings is 2. The van der Waals surface area contributed by atoms with Crippen LogP contribution in [0.3, 0.4) is 0 Å². The Morgan fingerprint density at radius 3 is 2.19 bits per heavy atom. The van der Waals surface area contributed by atoms with E-state index in [4.69, 9.17) is 14.2 Å². The van der Waals surface area contributed by atoms with Crippen molar-refractivity contribution in [2.75, 3.05) is 21.3 Å². The standard InChI is InChI=1S/C18H19F2NO5/c1-23-14-9-16(25-3)15(24-2)8-11(14)10-21-17(22)12-6-4-5-7-13(12)26-18(19)20/h4-9,18H,10H2,1-3H3,(H,21,22). The Labute approximate surface area is 149 Å². The van der Waals surface area contributed by atoms with Gasteiger partial charge < -0.3 is 24.3 Å². The van der Waals surface area contributed by atoms with E-state index < -0.39 is 12.5 Å². The van der Waals surface area contributed by atoms with Crippen LogP contribution in [0, 0.1) is 0 Å². The van der Waals surface area contributed by atoms with Gasteiger partial charge in [0.25, 0.3) is 5.91 Å². The molecule has 0 aromatic heterocycles. The second kappa shape index (κ2) is 8.89. The number of hydrogen-bond donors (Lipinski definition) is 1. The van der Waals surface area contributed by atoms with Gasteiger partial charge in [0.1, 0.15) is 11.5 Å². The highest BCUT2D eigenvalue weighted by atomic mass is 19.3. The molecule has 0 fully saturated rings. The Bertz CT molecular complexity index is 767. The molecule has 0 unspecified atom stereocenters. The van der Waals surface area contributed by atoms with Crippen LogP contribution in [-0.4, -0.2) is 33.8 Å². The number of para-hydroxylation sites is 1. The number of halogens is 2. The van der Waals surface area contributed by atoms with Crippen molar-refractivity contribution in [1.29, 1.82) is 0 Å². The highest BCUT2D eigenvalue weighted by Gasteiger charge is 2.17. The molecular formula is C18H19F2NO5. The molecule has 0 radical (unpaired) electrons. The minimum atomic E-state index is -3.02. The van der Waals surface area contributed by atoms with Crippen LogP contribution in [0.2, 0.25) is 0 Å². The van der Waals surface area contributed by atoms with Gasteiger partial charge in [0.15, 0.2) is 11.5 Å². The molecule has 8 heteroatoms. The minimum absolute atomic E-state index is 0.00671. The number of carbonyl (C=O) groups is 1. The Morgan fingerprint density at radius 2 is 1.58 bits per heavy atom. The highest BCUT2D eigenvalue weighted by molar-refractivity contribution is 5.96. The SMILES string of the molecule is COc1cc(OC)c(OC)cc1CNC(=O)c1ccccc1OC(F)F. The van der Waals surface area contributed by atoms with Crippen LogP contribution >= 0.6 is 0 Å². The van der Waals surface area contributed by atoms with Gasteiger partial charge in [-0.15, -0.1) is 0 Å². The fourth-order valence-corrected chi connectivity index (χ4v) is 2.35. The summed E-state index contributed by atoms with van der Waals surface area (Å²) < 4.78 is 45.0. The summed E-state index contributed by atoms with van der Waals surface area (Å²) in [4.78, 5) is 12.4. The van der Waals surface area contributed by atoms with E-state index in [9.17, 15) is 13.6 Å². The van der Waals surface area contributed by atoms with Crippen molar-refractivity contribution < 1.29 is 32.5 Å². The Balaban J connectivity index is 2.20. The van der Waals surface area contributed by atoms with E-state index in [0.29, 0.717) is 22.8 Å². The van der Waals surface area contributed by atoms with Crippen LogP contribution in [-0.2, 0) is 6.54 Å². The molecule has 2 aromatic carbocycles. The molecule has 6 nitrogen and oxygen atoms in total. The largest absolute Gasteiger partial charge is 0.496 e. The fourth-order valence-electron chi connectivity index (χ4n) is 2.35. The van der Waals surface area contributed by atoms with Gasteiger partial charge in [-0.05, 0) is 18.2 Å². The van der Waals surface area contributed by atoms with Crippen LogP contribution in [0.15, 0.2) is 36.4 Å². The third-order valence-electron chi connectivity index (χ3n) is 3.57. The van der Waals surface area contributed by atoms with Gasteiger partial charge in [-0.3, -0.25) is 4.79 Å². The summed E-state index contributed by atoms with van der Waals surface area (Å²) in [5, 5.41) is 2.65. The molecule has 0 atom stereocenters. The molecule has 140 valence electrons. The molecule has 2 aromatic rings. The Kier molecular flexibility index (Phi) is 6.60. The second-order valence-electron chi connectivity index (χ2n) is 5.08. The van der Waals surface area contributed by atoms with E-state index in [0.717, 1.165) is 0 Å². The smallest absolute Gasteiger partial charge is 0.387 e. The molecule has 0 aliphatic carbocycles. The van der Waals surface area contributed by atoms with Crippen molar-refractivity contribution >= 4 is 5.91 Å². The van der Waals surface area contributed by atoms with Gasteiger partial charge in [-0.1, -0.05) is 12.1 Å². The predicted octanol–water partition coefficient (Wildman–Crippen LogP) is 3.24. The summed E-state index contributed by atoms with van der Waals surface area (Å²) >= 11 is 0. The van der Waals surface area contributed by atoms with Crippen molar-refractivity contribution in [1.82, 2.24) is 5.32 Å². The van der Waals surface area contributed by atoms with Crippen LogP contribution in [0.4, 0.5) is 8.78 Å². The van der Waals surface area contributed by atoms with Gasteiger partial charge in [-0.2, -0.15) is 8.78 Å². The monoisotopic (exact) mass is 367 g/mol. The number of amides is 1. The summed E-state index contributed by atoms with van der Waals surface area (Å²) in [5.74, 6) is 0.687. The fraction of sp³-hybridized carbons (Fsp3) is 0.278. The maximum Gasteiger partial charge on any atom is 0.387 e. The van der Waals surface area contributed by atoms with Gasteiger partial charge in [0.2, 0.25) is 0 Å². The third-order valence-corrected chi connectivity index (χ3v) is 3.57. The van der Waals surface area contributed by atoms with Crippen molar-refractivity contribution in [2.45, 2.75) is 13.2 Å².